The van der Waals surface area contributed by atoms with Crippen LogP contribution in [0.5, 0.6) is 0 Å². The maximum absolute atomic E-state index is 6.12. The van der Waals surface area contributed by atoms with Crippen LogP contribution in [0.1, 0.15) is 22.3 Å². The summed E-state index contributed by atoms with van der Waals surface area (Å²) in [6.07, 6.45) is 0. The summed E-state index contributed by atoms with van der Waals surface area (Å²) in [6, 6.07) is 86.7. The lowest BCUT2D eigenvalue weighted by Crippen LogP contribution is -2.28. The van der Waals surface area contributed by atoms with Gasteiger partial charge in [-0.25, -0.2) is 0 Å². The lowest BCUT2D eigenvalue weighted by molar-refractivity contribution is 0.669. The summed E-state index contributed by atoms with van der Waals surface area (Å²) < 4.78 is 8.71. The minimum Gasteiger partial charge on any atom is -0.456 e. The molecule has 0 saturated heterocycles. The molecule has 0 unspecified atom stereocenters. The molecule has 0 amide bonds. The summed E-state index contributed by atoms with van der Waals surface area (Å²) in [6.45, 7) is 0. The number of hydrogen-bond donors (Lipinski definition) is 0. The Labute approximate surface area is 375 Å². The highest BCUT2D eigenvalue weighted by molar-refractivity contribution is 7.25. The molecule has 0 atom stereocenters. The van der Waals surface area contributed by atoms with Crippen molar-refractivity contribution in [3.8, 4) is 33.4 Å². The summed E-state index contributed by atoms with van der Waals surface area (Å²) in [4.78, 5) is 2.48. The Morgan fingerprint density at radius 3 is 1.69 bits per heavy atom. The van der Waals surface area contributed by atoms with Crippen LogP contribution in [0.3, 0.4) is 0 Å². The predicted molar refractivity (Wildman–Crippen MR) is 269 cm³/mol. The smallest absolute Gasteiger partial charge is 0.135 e. The zero-order valence-electron chi connectivity index (χ0n) is 34.8. The highest BCUT2D eigenvalue weighted by atomic mass is 32.1. The molecular weight excluding hydrogens is 795 g/mol. The molecular formula is C61H39NOS. The van der Waals surface area contributed by atoms with E-state index in [9.17, 15) is 0 Å². The fourth-order valence-corrected chi connectivity index (χ4v) is 11.6. The summed E-state index contributed by atoms with van der Waals surface area (Å²) in [5, 5.41) is 4.85. The van der Waals surface area contributed by atoms with Gasteiger partial charge in [0.1, 0.15) is 11.2 Å². The molecule has 0 spiro atoms. The molecule has 0 aliphatic heterocycles. The van der Waals surface area contributed by atoms with Gasteiger partial charge in [-0.05, 0) is 111 Å². The fraction of sp³-hybridized carbons (Fsp3) is 0.0164. The number of thiophene rings is 1. The highest BCUT2D eigenvalue weighted by Crippen LogP contribution is 2.59. The van der Waals surface area contributed by atoms with Gasteiger partial charge >= 0.3 is 0 Å². The SMILES string of the molecule is c1ccc(C2(c3ccccc3)c3ccccc3-c3c(N(c4ccc(-c5ccc(-c6ccc7oc8ccccc8c7c6)cc5)cc4)c4ccc5sc6ccccc6c5c4)cccc32)cc1. The molecule has 64 heavy (non-hydrogen) atoms. The molecule has 300 valence electrons. The van der Waals surface area contributed by atoms with E-state index < -0.39 is 5.41 Å². The normalized spacial score (nSPS) is 12.8. The molecule has 0 saturated carbocycles. The first kappa shape index (κ1) is 36.7. The second kappa shape index (κ2) is 14.6. The molecule has 2 nitrogen and oxygen atoms in total. The van der Waals surface area contributed by atoms with Gasteiger partial charge in [0, 0.05) is 47.9 Å². The Bertz CT molecular complexity index is 3670. The largest absolute Gasteiger partial charge is 0.456 e. The van der Waals surface area contributed by atoms with E-state index in [-0.39, 0.29) is 0 Å². The minimum atomic E-state index is -0.502. The van der Waals surface area contributed by atoms with Crippen molar-refractivity contribution >= 4 is 70.5 Å². The second-order valence-corrected chi connectivity index (χ2v) is 17.9. The number of rotatable bonds is 7. The summed E-state index contributed by atoms with van der Waals surface area (Å²) in [7, 11) is 0. The van der Waals surface area contributed by atoms with E-state index in [1.807, 2.05) is 23.5 Å². The minimum absolute atomic E-state index is 0.502. The van der Waals surface area contributed by atoms with E-state index in [0.717, 1.165) is 39.0 Å². The second-order valence-electron chi connectivity index (χ2n) is 16.8. The number of para-hydroxylation sites is 1. The molecule has 0 bridgehead atoms. The van der Waals surface area contributed by atoms with Crippen LogP contribution in [0.15, 0.2) is 241 Å². The van der Waals surface area contributed by atoms with Crippen LogP contribution in [0.2, 0.25) is 0 Å². The zero-order valence-corrected chi connectivity index (χ0v) is 35.6. The first-order valence-electron chi connectivity index (χ1n) is 21.9. The van der Waals surface area contributed by atoms with Crippen molar-refractivity contribution in [3.63, 3.8) is 0 Å². The Hall–Kier alpha value is -7.98. The predicted octanol–water partition coefficient (Wildman–Crippen LogP) is 17.1. The first-order valence-corrected chi connectivity index (χ1v) is 22.7. The van der Waals surface area contributed by atoms with Crippen LogP contribution in [-0.2, 0) is 5.41 Å². The standard InChI is InChI=1S/C61H39NOS/c1-3-14-44(15-4-1)61(45-16-5-2-6-17-45)53-21-10-7-20-50(53)60-54(61)22-13-23-55(60)62(47-35-37-59-52(39-47)49-19-9-12-25-58(49)64-59)46-33-30-41(31-34-46)40-26-28-42(29-27-40)43-32-36-57-51(38-43)48-18-8-11-24-56(48)63-57/h1-39H. The van der Waals surface area contributed by atoms with Crippen molar-refractivity contribution in [1.29, 1.82) is 0 Å². The third-order valence-electron chi connectivity index (χ3n) is 13.4. The lowest BCUT2D eigenvalue weighted by Gasteiger charge is -2.34. The number of hydrogen-bond acceptors (Lipinski definition) is 3. The van der Waals surface area contributed by atoms with Crippen molar-refractivity contribution in [2.45, 2.75) is 5.41 Å². The Kier molecular flexibility index (Phi) is 8.34. The zero-order chi connectivity index (χ0) is 42.2. The maximum Gasteiger partial charge on any atom is 0.135 e. The van der Waals surface area contributed by atoms with Crippen LogP contribution in [0.4, 0.5) is 17.1 Å². The van der Waals surface area contributed by atoms with Crippen molar-refractivity contribution in [1.82, 2.24) is 0 Å². The maximum atomic E-state index is 6.12. The van der Waals surface area contributed by atoms with Crippen LogP contribution >= 0.6 is 11.3 Å². The number of fused-ring (bicyclic) bond motifs is 9. The van der Waals surface area contributed by atoms with Crippen LogP contribution in [-0.4, -0.2) is 0 Å². The third kappa shape index (κ3) is 5.58. The monoisotopic (exact) mass is 833 g/mol. The van der Waals surface area contributed by atoms with Crippen molar-refractivity contribution in [2.75, 3.05) is 4.90 Å². The molecule has 1 aliphatic rings. The molecule has 10 aromatic carbocycles. The molecule has 13 rings (SSSR count). The molecule has 2 aromatic heterocycles. The quantitative estimate of drug-likeness (QED) is 0.159. The molecule has 0 N–H and O–H groups in total. The topological polar surface area (TPSA) is 16.4 Å². The van der Waals surface area contributed by atoms with E-state index in [1.165, 1.54) is 75.8 Å². The Morgan fingerprint density at radius 1 is 0.359 bits per heavy atom. The van der Waals surface area contributed by atoms with E-state index in [2.05, 4.69) is 229 Å². The number of furan rings is 1. The number of anilines is 3. The lowest BCUT2D eigenvalue weighted by atomic mass is 9.68. The van der Waals surface area contributed by atoms with Crippen LogP contribution in [0.25, 0.3) is 75.5 Å². The van der Waals surface area contributed by atoms with Gasteiger partial charge in [0.15, 0.2) is 0 Å². The summed E-state index contributed by atoms with van der Waals surface area (Å²) in [5.74, 6) is 0. The van der Waals surface area contributed by atoms with Crippen LogP contribution in [0, 0.1) is 0 Å². The molecule has 0 radical (unpaired) electrons. The third-order valence-corrected chi connectivity index (χ3v) is 14.5. The van der Waals surface area contributed by atoms with Gasteiger partial charge < -0.3 is 9.32 Å². The molecule has 12 aromatic rings. The van der Waals surface area contributed by atoms with Gasteiger partial charge in [0.2, 0.25) is 0 Å². The molecule has 0 fully saturated rings. The van der Waals surface area contributed by atoms with Gasteiger partial charge in [-0.2, -0.15) is 0 Å². The van der Waals surface area contributed by atoms with E-state index >= 15 is 0 Å². The van der Waals surface area contributed by atoms with Gasteiger partial charge in [-0.15, -0.1) is 11.3 Å². The molecule has 2 heterocycles. The average molecular weight is 834 g/mol. The van der Waals surface area contributed by atoms with Crippen LogP contribution < -0.4 is 4.90 Å². The Balaban J connectivity index is 0.963. The van der Waals surface area contributed by atoms with Crippen molar-refractivity contribution in [2.24, 2.45) is 0 Å². The summed E-state index contributed by atoms with van der Waals surface area (Å²) >= 11 is 1.86. The van der Waals surface area contributed by atoms with Gasteiger partial charge in [0.25, 0.3) is 0 Å². The fourth-order valence-electron chi connectivity index (χ4n) is 10.5. The molecule has 1 aliphatic carbocycles. The van der Waals surface area contributed by atoms with E-state index in [0.29, 0.717) is 0 Å². The van der Waals surface area contributed by atoms with Crippen molar-refractivity contribution < 1.29 is 4.42 Å². The van der Waals surface area contributed by atoms with Gasteiger partial charge in [-0.3, -0.25) is 0 Å². The average Bonchev–Trinajstić information content (AvgIpc) is 4.03. The van der Waals surface area contributed by atoms with E-state index in [4.69, 9.17) is 4.42 Å². The van der Waals surface area contributed by atoms with Crippen molar-refractivity contribution in [3.05, 3.63) is 259 Å². The highest BCUT2D eigenvalue weighted by Gasteiger charge is 2.47. The van der Waals surface area contributed by atoms with E-state index in [1.54, 1.807) is 0 Å². The first-order chi connectivity index (χ1) is 31.7. The Morgan fingerprint density at radius 2 is 0.922 bits per heavy atom. The van der Waals surface area contributed by atoms with Gasteiger partial charge in [-0.1, -0.05) is 176 Å². The number of benzene rings is 10. The van der Waals surface area contributed by atoms with Gasteiger partial charge in [0.05, 0.1) is 11.1 Å². The summed E-state index contributed by atoms with van der Waals surface area (Å²) in [5.41, 5.74) is 17.0. The number of nitrogens with zero attached hydrogens (tertiary/aromatic N) is 1. The molecule has 3 heteroatoms.